The smallest absolute Gasteiger partial charge is 0.283 e. The number of hydrogen-bond donors (Lipinski definition) is 2. The fraction of sp³-hybridized carbons (Fsp3) is 0.205. The average molecular weight is 875 g/mol. The SMILES string of the molecule is CC(C)NC(=O)c1cc(N(Cc2ccccc2)S(=O)(=O)c2ccc(F)cc2)ccc1F.CC(C)NC(=O)c1cc(N(Cc2ccccc2)S(=O)(=O)c2cn(C)cn2)ccc1F. The van der Waals surface area contributed by atoms with Crippen LogP contribution in [0.4, 0.5) is 24.5 Å². The van der Waals surface area contributed by atoms with E-state index in [1.54, 1.807) is 89.3 Å². The van der Waals surface area contributed by atoms with E-state index >= 15 is 0 Å². The topological polar surface area (TPSA) is 151 Å². The van der Waals surface area contributed by atoms with Gasteiger partial charge in [0.05, 0.1) is 46.8 Å². The summed E-state index contributed by atoms with van der Waals surface area (Å²) in [6.45, 7) is 6.93. The van der Waals surface area contributed by atoms with Gasteiger partial charge in [-0.15, -0.1) is 0 Å². The van der Waals surface area contributed by atoms with E-state index in [2.05, 4.69) is 15.6 Å². The summed E-state index contributed by atoms with van der Waals surface area (Å²) in [7, 11) is -6.53. The van der Waals surface area contributed by atoms with Crippen molar-refractivity contribution < 1.29 is 39.6 Å². The summed E-state index contributed by atoms with van der Waals surface area (Å²) >= 11 is 0. The van der Waals surface area contributed by atoms with E-state index < -0.39 is 49.3 Å². The van der Waals surface area contributed by atoms with E-state index in [0.717, 1.165) is 38.4 Å². The molecule has 6 aromatic rings. The fourth-order valence-electron chi connectivity index (χ4n) is 5.86. The molecule has 2 amide bonds. The van der Waals surface area contributed by atoms with Gasteiger partial charge in [0.2, 0.25) is 0 Å². The van der Waals surface area contributed by atoms with Gasteiger partial charge in [0, 0.05) is 25.3 Å². The van der Waals surface area contributed by atoms with Crippen molar-refractivity contribution in [2.24, 2.45) is 7.05 Å². The van der Waals surface area contributed by atoms with Gasteiger partial charge < -0.3 is 15.2 Å². The van der Waals surface area contributed by atoms with Crippen LogP contribution in [0.3, 0.4) is 0 Å². The third-order valence-corrected chi connectivity index (χ3v) is 12.2. The van der Waals surface area contributed by atoms with E-state index in [-0.39, 0.29) is 57.6 Å². The molecule has 0 aliphatic rings. The number of aryl methyl sites for hydroxylation is 1. The number of carbonyl (C=O) groups is 2. The van der Waals surface area contributed by atoms with Crippen LogP contribution >= 0.6 is 0 Å². The number of carbonyl (C=O) groups excluding carboxylic acids is 2. The molecule has 0 aliphatic carbocycles. The molecule has 12 nitrogen and oxygen atoms in total. The summed E-state index contributed by atoms with van der Waals surface area (Å²) in [5.74, 6) is -3.32. The van der Waals surface area contributed by atoms with Gasteiger partial charge in [-0.2, -0.15) is 8.42 Å². The number of sulfonamides is 2. The standard InChI is InChI=1S/C23H22F2N2O3S.C21H23FN4O3S/c1-16(2)26-23(28)21-14-19(10-13-22(21)25)27(15-17-6-4-3-5-7-17)31(29,30)20-11-8-18(24)9-12-20;1-15(2)24-21(27)18-11-17(9-10-19(18)22)26(12-16-7-5-4-6-8-16)30(28,29)20-13-25(3)14-23-20/h3-14,16H,15H2,1-2H3,(H,26,28);4-11,13-15H,12H2,1-3H3,(H,24,27). The van der Waals surface area contributed by atoms with Gasteiger partial charge in [-0.3, -0.25) is 18.2 Å². The highest BCUT2D eigenvalue weighted by molar-refractivity contribution is 7.93. The second-order valence-corrected chi connectivity index (χ2v) is 18.1. The number of nitrogens with one attached hydrogen (secondary N) is 2. The molecule has 320 valence electrons. The summed E-state index contributed by atoms with van der Waals surface area (Å²) < 4.78 is 99.3. The normalized spacial score (nSPS) is 11.4. The van der Waals surface area contributed by atoms with E-state index in [1.807, 2.05) is 6.07 Å². The molecule has 0 fully saturated rings. The molecule has 0 bridgehead atoms. The number of amides is 2. The minimum Gasteiger partial charge on any atom is -0.350 e. The second kappa shape index (κ2) is 19.7. The largest absolute Gasteiger partial charge is 0.350 e. The van der Waals surface area contributed by atoms with Crippen LogP contribution in [-0.2, 0) is 40.2 Å². The molecule has 1 aromatic heterocycles. The van der Waals surface area contributed by atoms with E-state index in [4.69, 9.17) is 0 Å². The Morgan fingerprint density at radius 2 is 1.05 bits per heavy atom. The highest BCUT2D eigenvalue weighted by Gasteiger charge is 2.30. The molecule has 17 heteroatoms. The van der Waals surface area contributed by atoms with Crippen molar-refractivity contribution in [1.82, 2.24) is 20.2 Å². The van der Waals surface area contributed by atoms with Gasteiger partial charge in [0.15, 0.2) is 5.03 Å². The van der Waals surface area contributed by atoms with Crippen molar-refractivity contribution in [1.29, 1.82) is 0 Å². The number of anilines is 2. The van der Waals surface area contributed by atoms with Crippen molar-refractivity contribution in [3.8, 4) is 0 Å². The molecule has 0 aliphatic heterocycles. The van der Waals surface area contributed by atoms with Crippen LogP contribution < -0.4 is 19.2 Å². The van der Waals surface area contributed by atoms with Crippen LogP contribution in [0.25, 0.3) is 0 Å². The van der Waals surface area contributed by atoms with Crippen molar-refractivity contribution in [2.75, 3.05) is 8.61 Å². The lowest BCUT2D eigenvalue weighted by molar-refractivity contribution is 0.0930. The number of benzene rings is 5. The molecule has 6 rings (SSSR count). The van der Waals surface area contributed by atoms with Crippen molar-refractivity contribution in [2.45, 2.75) is 62.8 Å². The monoisotopic (exact) mass is 874 g/mol. The number of imidazole rings is 1. The quantitative estimate of drug-likeness (QED) is 0.115. The van der Waals surface area contributed by atoms with Crippen molar-refractivity contribution in [3.05, 3.63) is 174 Å². The summed E-state index contributed by atoms with van der Waals surface area (Å²) in [5, 5.41) is 5.09. The molecule has 0 spiro atoms. The minimum atomic E-state index is -4.13. The van der Waals surface area contributed by atoms with Crippen LogP contribution in [0.15, 0.2) is 144 Å². The van der Waals surface area contributed by atoms with Gasteiger partial charge in [-0.05, 0) is 99.5 Å². The summed E-state index contributed by atoms with van der Waals surface area (Å²) in [5.41, 5.74) is 1.21. The predicted octanol–water partition coefficient (Wildman–Crippen LogP) is 7.59. The van der Waals surface area contributed by atoms with E-state index in [1.165, 1.54) is 53.5 Å². The molecular formula is C44H45F3N6O6S2. The first-order chi connectivity index (χ1) is 28.9. The van der Waals surface area contributed by atoms with Crippen LogP contribution in [0.1, 0.15) is 59.5 Å². The minimum absolute atomic E-state index is 0.00335. The van der Waals surface area contributed by atoms with Gasteiger partial charge in [-0.25, -0.2) is 26.6 Å². The van der Waals surface area contributed by atoms with Gasteiger partial charge in [0.1, 0.15) is 17.5 Å². The van der Waals surface area contributed by atoms with Crippen LogP contribution in [0.5, 0.6) is 0 Å². The van der Waals surface area contributed by atoms with Crippen LogP contribution in [-0.4, -0.2) is 50.3 Å². The molecule has 1 heterocycles. The maximum Gasteiger partial charge on any atom is 0.283 e. The van der Waals surface area contributed by atoms with Crippen LogP contribution in [0, 0.1) is 17.5 Å². The number of nitrogens with zero attached hydrogens (tertiary/aromatic N) is 4. The maximum absolute atomic E-state index is 14.4. The summed E-state index contributed by atoms with van der Waals surface area (Å²) in [4.78, 5) is 28.6. The molecule has 0 saturated heterocycles. The Balaban J connectivity index is 0.000000231. The Morgan fingerprint density at radius 1 is 0.623 bits per heavy atom. The fourth-order valence-corrected chi connectivity index (χ4v) is 8.72. The Kier molecular flexibility index (Phi) is 14.8. The second-order valence-electron chi connectivity index (χ2n) is 14.4. The molecule has 0 atom stereocenters. The highest BCUT2D eigenvalue weighted by atomic mass is 32.2. The van der Waals surface area contributed by atoms with Gasteiger partial charge in [-0.1, -0.05) is 60.7 Å². The van der Waals surface area contributed by atoms with Gasteiger partial charge in [0.25, 0.3) is 31.9 Å². The molecule has 61 heavy (non-hydrogen) atoms. The van der Waals surface area contributed by atoms with Crippen LogP contribution in [0.2, 0.25) is 0 Å². The van der Waals surface area contributed by atoms with Crippen molar-refractivity contribution >= 4 is 43.2 Å². The molecular weight excluding hydrogens is 830 g/mol. The van der Waals surface area contributed by atoms with Gasteiger partial charge >= 0.3 is 0 Å². The molecule has 5 aromatic carbocycles. The molecule has 0 radical (unpaired) electrons. The van der Waals surface area contributed by atoms with Crippen molar-refractivity contribution in [3.63, 3.8) is 0 Å². The zero-order valence-corrected chi connectivity index (χ0v) is 35.6. The number of aromatic nitrogens is 2. The molecule has 0 saturated carbocycles. The predicted molar refractivity (Wildman–Crippen MR) is 227 cm³/mol. The highest BCUT2D eigenvalue weighted by Crippen LogP contribution is 2.29. The van der Waals surface area contributed by atoms with E-state index in [9.17, 15) is 39.6 Å². The zero-order valence-electron chi connectivity index (χ0n) is 34.0. The third kappa shape index (κ3) is 11.6. The lowest BCUT2D eigenvalue weighted by Crippen LogP contribution is -2.33. The number of hydrogen-bond acceptors (Lipinski definition) is 7. The number of halogens is 3. The van der Waals surface area contributed by atoms with E-state index in [0.29, 0.717) is 5.56 Å². The Morgan fingerprint density at radius 3 is 1.44 bits per heavy atom. The Bertz CT molecular complexity index is 2680. The maximum atomic E-state index is 14.4. The lowest BCUT2D eigenvalue weighted by Gasteiger charge is -2.25. The average Bonchev–Trinajstić information content (AvgIpc) is 3.67. The third-order valence-electron chi connectivity index (χ3n) is 8.78. The first-order valence-electron chi connectivity index (χ1n) is 18.9. The molecule has 2 N–H and O–H groups in total. The summed E-state index contributed by atoms with van der Waals surface area (Å²) in [6.07, 6.45) is 2.78. The Labute approximate surface area is 353 Å². The summed E-state index contributed by atoms with van der Waals surface area (Å²) in [6, 6.07) is 29.1. The lowest BCUT2D eigenvalue weighted by atomic mass is 10.1. The first kappa shape index (κ1) is 45.6. The molecule has 0 unspecified atom stereocenters. The zero-order chi connectivity index (χ0) is 44.5. The first-order valence-corrected chi connectivity index (χ1v) is 21.8. The number of rotatable bonds is 14. The Hall–Kier alpha value is -6.46.